The van der Waals surface area contributed by atoms with Gasteiger partial charge in [0.2, 0.25) is 0 Å². The Morgan fingerprint density at radius 2 is 1.41 bits per heavy atom. The first-order valence-electron chi connectivity index (χ1n) is 12.2. The summed E-state index contributed by atoms with van der Waals surface area (Å²) in [5.74, 6) is 2.68. The first kappa shape index (κ1) is 24.2. The largest absolute Gasteiger partial charge is 0.495 e. The molecule has 1 amide bonds. The highest BCUT2D eigenvalue weighted by Gasteiger charge is 2.23. The van der Waals surface area contributed by atoms with Crippen molar-refractivity contribution in [1.82, 2.24) is 4.98 Å². The zero-order valence-electron chi connectivity index (χ0n) is 21.2. The molecule has 5 rings (SSSR count). The summed E-state index contributed by atoms with van der Waals surface area (Å²) in [6.07, 6.45) is 1.67. The third kappa shape index (κ3) is 4.82. The summed E-state index contributed by atoms with van der Waals surface area (Å²) in [7, 11) is 4.84. The van der Waals surface area contributed by atoms with Crippen LogP contribution in [-0.2, 0) is 0 Å². The number of hydrogen-bond donors (Lipinski definition) is 1. The number of aromatic nitrogens is 1. The molecule has 8 heteroatoms. The molecule has 0 aliphatic carbocycles. The van der Waals surface area contributed by atoms with Gasteiger partial charge in [-0.05, 0) is 29.7 Å². The van der Waals surface area contributed by atoms with Gasteiger partial charge in [0, 0.05) is 49.5 Å². The number of hydrogen-bond acceptors (Lipinski definition) is 7. The number of methoxy groups -OCH3 is 3. The van der Waals surface area contributed by atoms with Crippen molar-refractivity contribution >= 4 is 33.9 Å². The SMILES string of the molecule is COc1ccc(NC(=O)c2cnc(N3CCN(c4ccccc4OC)CC3)c3ccccc23)cc1OC. The standard InChI is InChI=1S/C29H30N4O4/c1-35-25-11-7-6-10-24(25)32-14-16-33(17-15-32)28-22-9-5-4-8-21(22)23(19-30-28)29(34)31-20-12-13-26(36-2)27(18-20)37-3/h4-13,18-19H,14-17H2,1-3H3,(H,31,34). The Hall–Kier alpha value is -4.46. The highest BCUT2D eigenvalue weighted by molar-refractivity contribution is 6.14. The first-order chi connectivity index (χ1) is 18.1. The van der Waals surface area contributed by atoms with Crippen LogP contribution in [0.2, 0.25) is 0 Å². The van der Waals surface area contributed by atoms with Crippen molar-refractivity contribution in [3.05, 3.63) is 78.5 Å². The smallest absolute Gasteiger partial charge is 0.257 e. The van der Waals surface area contributed by atoms with Gasteiger partial charge in [-0.3, -0.25) is 4.79 Å². The third-order valence-corrected chi connectivity index (χ3v) is 6.67. The monoisotopic (exact) mass is 498 g/mol. The van der Waals surface area contributed by atoms with Gasteiger partial charge in [-0.25, -0.2) is 4.98 Å². The molecule has 1 aromatic heterocycles. The second kappa shape index (κ2) is 10.7. The Balaban J connectivity index is 1.37. The lowest BCUT2D eigenvalue weighted by atomic mass is 10.1. The summed E-state index contributed by atoms with van der Waals surface area (Å²) in [5, 5.41) is 4.77. The van der Waals surface area contributed by atoms with Gasteiger partial charge in [-0.2, -0.15) is 0 Å². The molecule has 1 saturated heterocycles. The summed E-state index contributed by atoms with van der Waals surface area (Å²) >= 11 is 0. The lowest BCUT2D eigenvalue weighted by molar-refractivity contribution is 0.102. The first-order valence-corrected chi connectivity index (χ1v) is 12.2. The second-order valence-corrected chi connectivity index (χ2v) is 8.71. The average molecular weight is 499 g/mol. The van der Waals surface area contributed by atoms with Gasteiger partial charge < -0.3 is 29.3 Å². The van der Waals surface area contributed by atoms with E-state index in [1.54, 1.807) is 45.7 Å². The van der Waals surface area contributed by atoms with Crippen LogP contribution in [0.15, 0.2) is 72.9 Å². The van der Waals surface area contributed by atoms with Crippen molar-refractivity contribution in [3.63, 3.8) is 0 Å². The molecule has 1 aliphatic rings. The van der Waals surface area contributed by atoms with Crippen LogP contribution < -0.4 is 29.3 Å². The number of para-hydroxylation sites is 2. The summed E-state index contributed by atoms with van der Waals surface area (Å²) < 4.78 is 16.2. The zero-order valence-corrected chi connectivity index (χ0v) is 21.2. The molecular formula is C29H30N4O4. The second-order valence-electron chi connectivity index (χ2n) is 8.71. The van der Waals surface area contributed by atoms with Gasteiger partial charge in [0.25, 0.3) is 5.91 Å². The quantitative estimate of drug-likeness (QED) is 0.391. The van der Waals surface area contributed by atoms with Crippen LogP contribution in [0.25, 0.3) is 10.8 Å². The minimum atomic E-state index is -0.233. The van der Waals surface area contributed by atoms with Crippen molar-refractivity contribution < 1.29 is 19.0 Å². The van der Waals surface area contributed by atoms with Gasteiger partial charge in [0.05, 0.1) is 32.6 Å². The van der Waals surface area contributed by atoms with Crippen LogP contribution >= 0.6 is 0 Å². The number of fused-ring (bicyclic) bond motifs is 1. The van der Waals surface area contributed by atoms with Crippen molar-refractivity contribution in [2.24, 2.45) is 0 Å². The number of benzene rings is 3. The molecule has 1 N–H and O–H groups in total. The van der Waals surface area contributed by atoms with Crippen LogP contribution in [0.5, 0.6) is 17.2 Å². The molecule has 37 heavy (non-hydrogen) atoms. The number of piperazine rings is 1. The van der Waals surface area contributed by atoms with E-state index in [2.05, 4.69) is 21.2 Å². The average Bonchev–Trinajstić information content (AvgIpc) is 2.96. The molecule has 190 valence electrons. The number of nitrogens with one attached hydrogen (secondary N) is 1. The van der Waals surface area contributed by atoms with Gasteiger partial charge in [-0.15, -0.1) is 0 Å². The van der Waals surface area contributed by atoms with Crippen molar-refractivity contribution in [2.45, 2.75) is 0 Å². The molecule has 4 aromatic rings. The number of anilines is 3. The maximum Gasteiger partial charge on any atom is 0.257 e. The molecule has 8 nitrogen and oxygen atoms in total. The van der Waals surface area contributed by atoms with E-state index in [0.717, 1.165) is 54.2 Å². The molecule has 0 atom stereocenters. The normalized spacial score (nSPS) is 13.4. The van der Waals surface area contributed by atoms with Gasteiger partial charge >= 0.3 is 0 Å². The Morgan fingerprint density at radius 1 is 0.757 bits per heavy atom. The number of ether oxygens (including phenoxy) is 3. The van der Waals surface area contributed by atoms with E-state index in [9.17, 15) is 4.79 Å². The maximum atomic E-state index is 13.3. The van der Waals surface area contributed by atoms with E-state index in [4.69, 9.17) is 19.2 Å². The number of carbonyl (C=O) groups excluding carboxylic acids is 1. The summed E-state index contributed by atoms with van der Waals surface area (Å²) in [6.45, 7) is 3.31. The number of amides is 1. The van der Waals surface area contributed by atoms with Crippen molar-refractivity contribution in [3.8, 4) is 17.2 Å². The summed E-state index contributed by atoms with van der Waals surface area (Å²) in [6, 6.07) is 21.3. The molecule has 0 spiro atoms. The van der Waals surface area contributed by atoms with E-state index >= 15 is 0 Å². The van der Waals surface area contributed by atoms with Gasteiger partial charge in [-0.1, -0.05) is 36.4 Å². The molecule has 1 fully saturated rings. The third-order valence-electron chi connectivity index (χ3n) is 6.67. The van der Waals surface area contributed by atoms with Crippen LogP contribution in [0.3, 0.4) is 0 Å². The predicted octanol–water partition coefficient (Wildman–Crippen LogP) is 4.84. The Kier molecular flexibility index (Phi) is 6.98. The number of rotatable bonds is 7. The van der Waals surface area contributed by atoms with Crippen molar-refractivity contribution in [2.75, 3.05) is 62.6 Å². The fraction of sp³-hybridized carbons (Fsp3) is 0.241. The summed E-state index contributed by atoms with van der Waals surface area (Å²) in [4.78, 5) is 22.7. The molecular weight excluding hydrogens is 468 g/mol. The van der Waals surface area contributed by atoms with Gasteiger partial charge in [0.15, 0.2) is 11.5 Å². The van der Waals surface area contributed by atoms with E-state index in [1.807, 2.05) is 42.5 Å². The lowest BCUT2D eigenvalue weighted by Gasteiger charge is -2.37. The highest BCUT2D eigenvalue weighted by atomic mass is 16.5. The minimum Gasteiger partial charge on any atom is -0.495 e. The Bertz CT molecular complexity index is 1420. The highest BCUT2D eigenvalue weighted by Crippen LogP contribution is 2.33. The van der Waals surface area contributed by atoms with E-state index in [0.29, 0.717) is 22.7 Å². The van der Waals surface area contributed by atoms with Crippen LogP contribution in [0.1, 0.15) is 10.4 Å². The van der Waals surface area contributed by atoms with Crippen molar-refractivity contribution in [1.29, 1.82) is 0 Å². The summed E-state index contributed by atoms with van der Waals surface area (Å²) in [5.41, 5.74) is 2.23. The molecule has 3 aromatic carbocycles. The maximum absolute atomic E-state index is 13.3. The number of pyridine rings is 1. The van der Waals surface area contributed by atoms with Gasteiger partial charge in [0.1, 0.15) is 11.6 Å². The van der Waals surface area contributed by atoms with E-state index < -0.39 is 0 Å². The molecule has 0 bridgehead atoms. The van der Waals surface area contributed by atoms with Crippen LogP contribution in [0, 0.1) is 0 Å². The molecule has 0 saturated carbocycles. The van der Waals surface area contributed by atoms with Crippen LogP contribution in [0.4, 0.5) is 17.2 Å². The Morgan fingerprint density at radius 3 is 2.14 bits per heavy atom. The van der Waals surface area contributed by atoms with Crippen LogP contribution in [-0.4, -0.2) is 58.4 Å². The number of carbonyl (C=O) groups is 1. The zero-order chi connectivity index (χ0) is 25.8. The van der Waals surface area contributed by atoms with E-state index in [1.165, 1.54) is 0 Å². The molecule has 0 radical (unpaired) electrons. The minimum absolute atomic E-state index is 0.233. The number of nitrogens with zero attached hydrogens (tertiary/aromatic N) is 3. The fourth-order valence-electron chi connectivity index (χ4n) is 4.77. The fourth-order valence-corrected chi connectivity index (χ4v) is 4.77. The van der Waals surface area contributed by atoms with E-state index in [-0.39, 0.29) is 5.91 Å². The topological polar surface area (TPSA) is 76.2 Å². The Labute approximate surface area is 216 Å². The predicted molar refractivity (Wildman–Crippen MR) is 147 cm³/mol. The molecule has 0 unspecified atom stereocenters. The lowest BCUT2D eigenvalue weighted by Crippen LogP contribution is -2.47. The molecule has 2 heterocycles. The molecule has 1 aliphatic heterocycles.